The quantitative estimate of drug-likeness (QED) is 0.160. The number of ether oxygens (including phenoxy) is 3. The number of non-ortho nitro benzene ring substituents is 1. The van der Waals surface area contributed by atoms with Gasteiger partial charge in [0.05, 0.1) is 21.7 Å². The number of halogens is 1. The van der Waals surface area contributed by atoms with Crippen LogP contribution in [0.25, 0.3) is 0 Å². The molecule has 1 aliphatic rings. The molecule has 0 unspecified atom stereocenters. The predicted octanol–water partition coefficient (Wildman–Crippen LogP) is 2.72. The number of nitrogens with zero attached hydrogens (tertiary/aromatic N) is 4. The van der Waals surface area contributed by atoms with Gasteiger partial charge in [-0.3, -0.25) is 10.1 Å². The topological polar surface area (TPSA) is 156 Å². The number of aliphatic hydroxyl groups excluding tert-OH is 1. The van der Waals surface area contributed by atoms with Gasteiger partial charge in [0.15, 0.2) is 11.9 Å². The molecule has 11 nitrogen and oxygen atoms in total. The van der Waals surface area contributed by atoms with E-state index in [1.54, 1.807) is 37.4 Å². The lowest BCUT2D eigenvalue weighted by atomic mass is 9.83. The number of anilines is 1. The van der Waals surface area contributed by atoms with Crippen molar-refractivity contribution in [1.82, 2.24) is 0 Å². The molecule has 12 heteroatoms. The van der Waals surface area contributed by atoms with E-state index in [9.17, 15) is 15.2 Å². The number of methoxy groups -OCH3 is 2. The van der Waals surface area contributed by atoms with Crippen molar-refractivity contribution in [3.05, 3.63) is 63.2 Å². The zero-order chi connectivity index (χ0) is 24.3. The molecular weight excluding hydrogens is 454 g/mol. The standard InChI is InChI=1S/C21H22ClN5O6/c1-21(19(31-2)32-3)18(28)17(13-10-12(27(29)30)8-9-16(13)33-21)26(20(24)25-11-23)15-7-5-4-6-14(15)22/h4-10,17-19,28H,1-3H3,(H2,24,25)/t17-,18+,21-/m0/s1. The lowest BCUT2D eigenvalue weighted by Crippen LogP contribution is -2.63. The fourth-order valence-electron chi connectivity index (χ4n) is 3.95. The van der Waals surface area contributed by atoms with Crippen LogP contribution in [0.2, 0.25) is 5.02 Å². The molecule has 3 rings (SSSR count). The molecule has 3 N–H and O–H groups in total. The maximum atomic E-state index is 11.6. The summed E-state index contributed by atoms with van der Waals surface area (Å²) in [5, 5.41) is 32.5. The van der Waals surface area contributed by atoms with Gasteiger partial charge in [0.25, 0.3) is 5.69 Å². The van der Waals surface area contributed by atoms with Crippen molar-refractivity contribution in [1.29, 1.82) is 5.26 Å². The second-order valence-electron chi connectivity index (χ2n) is 7.35. The van der Waals surface area contributed by atoms with Gasteiger partial charge in [-0.1, -0.05) is 23.7 Å². The first-order valence-electron chi connectivity index (χ1n) is 9.66. The Morgan fingerprint density at radius 1 is 1.39 bits per heavy atom. The minimum absolute atomic E-state index is 0.222. The van der Waals surface area contributed by atoms with Crippen LogP contribution >= 0.6 is 11.6 Å². The van der Waals surface area contributed by atoms with E-state index >= 15 is 0 Å². The average Bonchev–Trinajstić information content (AvgIpc) is 2.78. The van der Waals surface area contributed by atoms with Gasteiger partial charge in [0, 0.05) is 31.9 Å². The fraction of sp³-hybridized carbons (Fsp3) is 0.333. The van der Waals surface area contributed by atoms with Crippen LogP contribution in [0.5, 0.6) is 5.75 Å². The smallest absolute Gasteiger partial charge is 0.270 e. The fourth-order valence-corrected chi connectivity index (χ4v) is 4.18. The van der Waals surface area contributed by atoms with E-state index in [4.69, 9.17) is 36.8 Å². The summed E-state index contributed by atoms with van der Waals surface area (Å²) < 4.78 is 16.8. The minimum Gasteiger partial charge on any atom is -0.479 e. The highest BCUT2D eigenvalue weighted by molar-refractivity contribution is 6.33. The average molecular weight is 476 g/mol. The monoisotopic (exact) mass is 475 g/mol. The number of hydrogen-bond donors (Lipinski definition) is 2. The third kappa shape index (κ3) is 4.29. The number of benzene rings is 2. The van der Waals surface area contributed by atoms with Crippen LogP contribution in [-0.4, -0.2) is 48.2 Å². The van der Waals surface area contributed by atoms with Crippen molar-refractivity contribution >= 4 is 28.9 Å². The molecular formula is C21H22ClN5O6. The van der Waals surface area contributed by atoms with Crippen molar-refractivity contribution < 1.29 is 24.2 Å². The first-order chi connectivity index (χ1) is 15.7. The van der Waals surface area contributed by atoms with Gasteiger partial charge in [-0.25, -0.2) is 0 Å². The van der Waals surface area contributed by atoms with Crippen LogP contribution in [0.3, 0.4) is 0 Å². The van der Waals surface area contributed by atoms with Gasteiger partial charge < -0.3 is 30.0 Å². The third-order valence-electron chi connectivity index (χ3n) is 5.44. The maximum Gasteiger partial charge on any atom is 0.270 e. The highest BCUT2D eigenvalue weighted by Crippen LogP contribution is 2.48. The van der Waals surface area contributed by atoms with Gasteiger partial charge in [0.1, 0.15) is 11.9 Å². The van der Waals surface area contributed by atoms with E-state index in [-0.39, 0.29) is 28.0 Å². The summed E-state index contributed by atoms with van der Waals surface area (Å²) in [5.74, 6) is -0.0675. The highest BCUT2D eigenvalue weighted by Gasteiger charge is 2.54. The summed E-state index contributed by atoms with van der Waals surface area (Å²) in [5.41, 5.74) is 4.97. The predicted molar refractivity (Wildman–Crippen MR) is 120 cm³/mol. The summed E-state index contributed by atoms with van der Waals surface area (Å²) in [7, 11) is 2.76. The van der Waals surface area contributed by atoms with Gasteiger partial charge >= 0.3 is 0 Å². The van der Waals surface area contributed by atoms with E-state index in [1.807, 2.05) is 0 Å². The molecule has 174 valence electrons. The van der Waals surface area contributed by atoms with Crippen LogP contribution in [0.4, 0.5) is 11.4 Å². The molecule has 0 bridgehead atoms. The van der Waals surface area contributed by atoms with E-state index in [0.29, 0.717) is 5.69 Å². The normalized spacial score (nSPS) is 22.3. The van der Waals surface area contributed by atoms with Gasteiger partial charge in [-0.05, 0) is 25.1 Å². The zero-order valence-corrected chi connectivity index (χ0v) is 18.8. The molecule has 0 radical (unpaired) electrons. The number of nitriles is 1. The molecule has 3 atom stereocenters. The molecule has 0 spiro atoms. The molecule has 0 aliphatic carbocycles. The van der Waals surface area contributed by atoms with Gasteiger partial charge in [-0.2, -0.15) is 5.26 Å². The number of para-hydroxylation sites is 1. The van der Waals surface area contributed by atoms with Gasteiger partial charge in [-0.15, -0.1) is 4.99 Å². The molecule has 0 saturated carbocycles. The number of nitro benzene ring substituents is 1. The minimum atomic E-state index is -1.50. The van der Waals surface area contributed by atoms with E-state index in [1.165, 1.54) is 37.3 Å². The molecule has 0 amide bonds. The number of guanidine groups is 1. The second-order valence-corrected chi connectivity index (χ2v) is 7.76. The lowest BCUT2D eigenvalue weighted by Gasteiger charge is -2.49. The van der Waals surface area contributed by atoms with Gasteiger partial charge in [0.2, 0.25) is 12.2 Å². The van der Waals surface area contributed by atoms with Crippen molar-refractivity contribution in [2.24, 2.45) is 10.7 Å². The Morgan fingerprint density at radius 2 is 2.06 bits per heavy atom. The van der Waals surface area contributed by atoms with Crippen LogP contribution < -0.4 is 15.4 Å². The number of fused-ring (bicyclic) bond motifs is 1. The molecule has 1 heterocycles. The maximum absolute atomic E-state index is 11.6. The summed E-state index contributed by atoms with van der Waals surface area (Å²) in [4.78, 5) is 15.9. The molecule has 33 heavy (non-hydrogen) atoms. The summed E-state index contributed by atoms with van der Waals surface area (Å²) in [6.45, 7) is 1.56. The summed E-state index contributed by atoms with van der Waals surface area (Å²) in [6.07, 6.45) is -0.867. The van der Waals surface area contributed by atoms with Crippen molar-refractivity contribution in [3.63, 3.8) is 0 Å². The summed E-state index contributed by atoms with van der Waals surface area (Å²) in [6, 6.07) is 9.41. The first kappa shape index (κ1) is 24.2. The Morgan fingerprint density at radius 3 is 2.64 bits per heavy atom. The molecule has 2 aromatic rings. The van der Waals surface area contributed by atoms with Crippen molar-refractivity contribution in [2.75, 3.05) is 19.1 Å². The number of hydrogen-bond acceptors (Lipinski definition) is 8. The van der Waals surface area contributed by atoms with Crippen LogP contribution in [0, 0.1) is 21.6 Å². The van der Waals surface area contributed by atoms with E-state index < -0.39 is 29.0 Å². The number of aliphatic imine (C=N–C) groups is 1. The Labute approximate surface area is 194 Å². The van der Waals surface area contributed by atoms with Crippen LogP contribution in [0.15, 0.2) is 47.5 Å². The van der Waals surface area contributed by atoms with Crippen molar-refractivity contribution in [2.45, 2.75) is 31.0 Å². The Bertz CT molecular complexity index is 1120. The number of rotatable bonds is 6. The Hall–Kier alpha value is -3.43. The summed E-state index contributed by atoms with van der Waals surface area (Å²) >= 11 is 6.42. The SMILES string of the molecule is COC(OC)[C@@]1(C)Oc2ccc([N+](=O)[O-])cc2[C@H](N(C(N)=NC#N)c2ccccc2Cl)[C@H]1O. The Balaban J connectivity index is 2.34. The lowest BCUT2D eigenvalue weighted by molar-refractivity contribution is -0.385. The van der Waals surface area contributed by atoms with E-state index in [0.717, 1.165) is 0 Å². The second kappa shape index (κ2) is 9.60. The van der Waals surface area contributed by atoms with E-state index in [2.05, 4.69) is 4.99 Å². The molecule has 2 aromatic carbocycles. The number of aliphatic hydroxyl groups is 1. The molecule has 0 fully saturated rings. The van der Waals surface area contributed by atoms with Crippen LogP contribution in [0.1, 0.15) is 18.5 Å². The molecule has 0 saturated heterocycles. The molecule has 0 aromatic heterocycles. The Kier molecular flexibility index (Phi) is 7.04. The van der Waals surface area contributed by atoms with Crippen LogP contribution in [-0.2, 0) is 9.47 Å². The number of nitrogens with two attached hydrogens (primary N) is 1. The first-order valence-corrected chi connectivity index (χ1v) is 10.0. The van der Waals surface area contributed by atoms with Crippen molar-refractivity contribution in [3.8, 4) is 11.9 Å². The third-order valence-corrected chi connectivity index (χ3v) is 5.76. The molecule has 1 aliphatic heterocycles. The number of nitro groups is 1. The zero-order valence-electron chi connectivity index (χ0n) is 18.0. The highest BCUT2D eigenvalue weighted by atomic mass is 35.5. The largest absolute Gasteiger partial charge is 0.479 e.